The van der Waals surface area contributed by atoms with E-state index in [9.17, 15) is 0 Å². The Hall–Kier alpha value is -0.643. The quantitative estimate of drug-likeness (QED) is 0.602. The fourth-order valence-corrected chi connectivity index (χ4v) is 5.60. The Bertz CT molecular complexity index is 300. The summed E-state index contributed by atoms with van der Waals surface area (Å²) in [6.45, 7) is 4.67. The Kier molecular flexibility index (Phi) is 5.18. The van der Waals surface area contributed by atoms with Gasteiger partial charge in [0, 0.05) is 14.1 Å². The maximum absolute atomic E-state index is 3.68. The maximum atomic E-state index is 3.68. The molecule has 0 bridgehead atoms. The van der Waals surface area contributed by atoms with Gasteiger partial charge >= 0.3 is 0 Å². The molecule has 90 valence electrons. The second kappa shape index (κ2) is 6.18. The first kappa shape index (κ1) is 13.4. The van der Waals surface area contributed by atoms with Crippen LogP contribution in [0, 0.1) is 0 Å². The summed E-state index contributed by atoms with van der Waals surface area (Å²) in [6, 6.07) is 12.2. The molecule has 2 nitrogen and oxygen atoms in total. The number of hydrazine groups is 1. The molecule has 3 heteroatoms. The molecule has 1 atom stereocenters. The van der Waals surface area contributed by atoms with Crippen LogP contribution in [0.15, 0.2) is 30.3 Å². The van der Waals surface area contributed by atoms with Gasteiger partial charge in [0.2, 0.25) is 0 Å². The molecular weight excluding hydrogens is 212 g/mol. The van der Waals surface area contributed by atoms with Crippen LogP contribution in [0.2, 0.25) is 12.6 Å². The highest BCUT2D eigenvalue weighted by Crippen LogP contribution is 2.11. The van der Waals surface area contributed by atoms with E-state index in [1.165, 1.54) is 24.1 Å². The van der Waals surface area contributed by atoms with E-state index < -0.39 is 8.24 Å². The van der Waals surface area contributed by atoms with Gasteiger partial charge in [0.05, 0.1) is 0 Å². The smallest absolute Gasteiger partial charge is 0.169 e. The molecule has 16 heavy (non-hydrogen) atoms. The molecule has 0 amide bonds. The molecule has 0 radical (unpaired) electrons. The zero-order valence-corrected chi connectivity index (χ0v) is 12.0. The molecule has 0 saturated carbocycles. The molecule has 0 aliphatic heterocycles. The summed E-state index contributed by atoms with van der Waals surface area (Å²) in [6.07, 6.45) is 2.57. The summed E-state index contributed by atoms with van der Waals surface area (Å²) in [5.74, 6) is 0. The lowest BCUT2D eigenvalue weighted by Gasteiger charge is -2.32. The molecule has 1 N–H and O–H groups in total. The van der Waals surface area contributed by atoms with Crippen LogP contribution in [-0.2, 0) is 0 Å². The van der Waals surface area contributed by atoms with Crippen molar-refractivity contribution in [2.24, 2.45) is 0 Å². The van der Waals surface area contributed by atoms with Gasteiger partial charge in [-0.15, -0.1) is 0 Å². The van der Waals surface area contributed by atoms with Crippen LogP contribution < -0.4 is 10.3 Å². The van der Waals surface area contributed by atoms with Gasteiger partial charge in [-0.05, 0) is 11.2 Å². The number of nitrogens with zero attached hydrogens (tertiary/aromatic N) is 1. The van der Waals surface area contributed by atoms with E-state index in [1.54, 1.807) is 0 Å². The lowest BCUT2D eigenvalue weighted by molar-refractivity contribution is 0.364. The van der Waals surface area contributed by atoms with Crippen molar-refractivity contribution in [1.29, 1.82) is 0 Å². The molecule has 0 heterocycles. The Labute approximate surface area is 101 Å². The van der Waals surface area contributed by atoms with E-state index in [-0.39, 0.29) is 0 Å². The minimum atomic E-state index is -1.53. The predicted octanol–water partition coefficient (Wildman–Crippen LogP) is 2.34. The predicted molar refractivity (Wildman–Crippen MR) is 74.2 cm³/mol. The first-order valence-electron chi connectivity index (χ1n) is 6.09. The average Bonchev–Trinajstić information content (AvgIpc) is 2.27. The number of hydrogen-bond donors (Lipinski definition) is 1. The van der Waals surface area contributed by atoms with Crippen LogP contribution in [0.4, 0.5) is 0 Å². The van der Waals surface area contributed by atoms with Gasteiger partial charge in [0.1, 0.15) is 0 Å². The number of nitrogens with one attached hydrogen (secondary N) is 1. The molecule has 1 rings (SSSR count). The van der Waals surface area contributed by atoms with Crippen molar-refractivity contribution in [1.82, 2.24) is 10.1 Å². The zero-order chi connectivity index (χ0) is 12.0. The number of rotatable bonds is 6. The summed E-state index contributed by atoms with van der Waals surface area (Å²) < 4.78 is 0. The highest BCUT2D eigenvalue weighted by molar-refractivity contribution is 6.88. The summed E-state index contributed by atoms with van der Waals surface area (Å²) in [4.78, 5) is 0. The third-order valence-corrected chi connectivity index (χ3v) is 6.81. The monoisotopic (exact) mass is 236 g/mol. The van der Waals surface area contributed by atoms with Crippen LogP contribution in [0.3, 0.4) is 0 Å². The van der Waals surface area contributed by atoms with Crippen LogP contribution >= 0.6 is 0 Å². The van der Waals surface area contributed by atoms with E-state index in [0.29, 0.717) is 0 Å². The molecule has 0 aliphatic carbocycles. The van der Waals surface area contributed by atoms with Crippen LogP contribution in [-0.4, -0.2) is 27.3 Å². The first-order valence-corrected chi connectivity index (χ1v) is 8.80. The van der Waals surface area contributed by atoms with E-state index >= 15 is 0 Å². The second-order valence-corrected chi connectivity index (χ2v) is 8.77. The van der Waals surface area contributed by atoms with Gasteiger partial charge in [0.25, 0.3) is 0 Å². The fraction of sp³-hybridized carbons (Fsp3) is 0.538. The zero-order valence-electron chi connectivity index (χ0n) is 11.0. The molecule has 0 fully saturated rings. The second-order valence-electron chi connectivity index (χ2n) is 4.81. The fourth-order valence-electron chi connectivity index (χ4n) is 2.09. The van der Waals surface area contributed by atoms with E-state index in [4.69, 9.17) is 0 Å². The van der Waals surface area contributed by atoms with E-state index in [0.717, 1.165) is 0 Å². The van der Waals surface area contributed by atoms with Crippen molar-refractivity contribution in [3.05, 3.63) is 30.3 Å². The highest BCUT2D eigenvalue weighted by Gasteiger charge is 2.29. The first-order chi connectivity index (χ1) is 7.58. The molecule has 1 unspecified atom stereocenters. The van der Waals surface area contributed by atoms with Gasteiger partial charge in [0.15, 0.2) is 8.24 Å². The van der Waals surface area contributed by atoms with Crippen molar-refractivity contribution >= 4 is 13.4 Å². The third-order valence-electron chi connectivity index (χ3n) is 2.91. The molecule has 1 aromatic carbocycles. The summed E-state index contributed by atoms with van der Waals surface area (Å²) >= 11 is 0. The van der Waals surface area contributed by atoms with Gasteiger partial charge in [-0.1, -0.05) is 56.6 Å². The topological polar surface area (TPSA) is 15.3 Å². The summed E-state index contributed by atoms with van der Waals surface area (Å²) in [5, 5.41) is 7.28. The van der Waals surface area contributed by atoms with Crippen molar-refractivity contribution in [3.8, 4) is 0 Å². The van der Waals surface area contributed by atoms with Gasteiger partial charge < -0.3 is 0 Å². The minimum Gasteiger partial charge on any atom is -0.272 e. The van der Waals surface area contributed by atoms with E-state index in [2.05, 4.69) is 68.0 Å². The number of benzene rings is 1. The van der Waals surface area contributed by atoms with Gasteiger partial charge in [-0.2, -0.15) is 0 Å². The highest BCUT2D eigenvalue weighted by atomic mass is 28.3. The molecule has 0 aromatic heterocycles. The lowest BCUT2D eigenvalue weighted by atomic mass is 10.4. The van der Waals surface area contributed by atoms with Crippen LogP contribution in [0.1, 0.15) is 19.8 Å². The molecule has 0 saturated heterocycles. The Morgan fingerprint density at radius 3 is 2.31 bits per heavy atom. The van der Waals surface area contributed by atoms with Crippen molar-refractivity contribution < 1.29 is 0 Å². The largest absolute Gasteiger partial charge is 0.272 e. The summed E-state index contributed by atoms with van der Waals surface area (Å²) in [5.41, 5.74) is 0. The normalized spacial score (nSPS) is 15.1. The van der Waals surface area contributed by atoms with Crippen LogP contribution in [0.25, 0.3) is 0 Å². The van der Waals surface area contributed by atoms with Gasteiger partial charge in [-0.3, -0.25) is 10.1 Å². The van der Waals surface area contributed by atoms with Gasteiger partial charge in [-0.25, -0.2) is 0 Å². The standard InChI is InChI=1S/C13H24N2Si/c1-5-6-12-16(4,14-15(2)3)13-10-8-7-9-11-13/h7-11,14H,5-6,12H2,1-4H3. The molecule has 0 aliphatic rings. The average molecular weight is 236 g/mol. The third kappa shape index (κ3) is 3.74. The Morgan fingerprint density at radius 2 is 1.81 bits per heavy atom. The number of unbranched alkanes of at least 4 members (excludes halogenated alkanes) is 1. The SMILES string of the molecule is CCCC[Si](C)(NN(C)C)c1ccccc1. The van der Waals surface area contributed by atoms with Crippen molar-refractivity contribution in [3.63, 3.8) is 0 Å². The molecular formula is C13H24N2Si. The van der Waals surface area contributed by atoms with E-state index in [1.807, 2.05) is 0 Å². The Morgan fingerprint density at radius 1 is 1.19 bits per heavy atom. The van der Waals surface area contributed by atoms with Crippen molar-refractivity contribution in [2.75, 3.05) is 14.1 Å². The Balaban J connectivity index is 2.85. The summed E-state index contributed by atoms with van der Waals surface area (Å²) in [7, 11) is 2.63. The molecule has 0 spiro atoms. The minimum absolute atomic E-state index is 1.27. The molecule has 1 aromatic rings. The van der Waals surface area contributed by atoms with Crippen LogP contribution in [0.5, 0.6) is 0 Å². The number of hydrogen-bond acceptors (Lipinski definition) is 2. The lowest BCUT2D eigenvalue weighted by Crippen LogP contribution is -2.62. The van der Waals surface area contributed by atoms with Crippen molar-refractivity contribution in [2.45, 2.75) is 32.4 Å². The maximum Gasteiger partial charge on any atom is 0.169 e.